The predicted molar refractivity (Wildman–Crippen MR) is 57.7 cm³/mol. The lowest BCUT2D eigenvalue weighted by atomic mass is 10.2. The standard InChI is InChI=1S/C11H14N2O2/c1-8(2)5-12-7-10-4-3-9(6-13-10)11(14)15/h3-4,6,12H,1,5,7H2,2H3,(H,14,15). The quantitative estimate of drug-likeness (QED) is 0.716. The molecule has 0 spiro atoms. The maximum absolute atomic E-state index is 10.5. The van der Waals surface area contributed by atoms with Crippen LogP contribution in [0.5, 0.6) is 0 Å². The summed E-state index contributed by atoms with van der Waals surface area (Å²) in [4.78, 5) is 14.6. The van der Waals surface area contributed by atoms with E-state index in [4.69, 9.17) is 5.11 Å². The van der Waals surface area contributed by atoms with Crippen molar-refractivity contribution in [1.29, 1.82) is 0 Å². The fraction of sp³-hybridized carbons (Fsp3) is 0.273. The molecule has 0 aliphatic rings. The third-order valence-corrected chi connectivity index (χ3v) is 1.80. The van der Waals surface area contributed by atoms with E-state index in [-0.39, 0.29) is 5.56 Å². The van der Waals surface area contributed by atoms with E-state index in [9.17, 15) is 4.79 Å². The van der Waals surface area contributed by atoms with Gasteiger partial charge in [-0.3, -0.25) is 4.98 Å². The second-order valence-electron chi connectivity index (χ2n) is 3.40. The average molecular weight is 206 g/mol. The molecule has 4 nitrogen and oxygen atoms in total. The Morgan fingerprint density at radius 3 is 2.80 bits per heavy atom. The monoisotopic (exact) mass is 206 g/mol. The van der Waals surface area contributed by atoms with Gasteiger partial charge >= 0.3 is 5.97 Å². The van der Waals surface area contributed by atoms with E-state index in [1.54, 1.807) is 12.1 Å². The number of hydrogen-bond acceptors (Lipinski definition) is 3. The van der Waals surface area contributed by atoms with Gasteiger partial charge in [0.1, 0.15) is 0 Å². The first-order chi connectivity index (χ1) is 7.09. The normalized spacial score (nSPS) is 9.93. The van der Waals surface area contributed by atoms with Gasteiger partial charge in [0.05, 0.1) is 11.3 Å². The van der Waals surface area contributed by atoms with E-state index in [0.717, 1.165) is 17.8 Å². The summed E-state index contributed by atoms with van der Waals surface area (Å²) in [5, 5.41) is 11.8. The van der Waals surface area contributed by atoms with Crippen LogP contribution in [0.3, 0.4) is 0 Å². The van der Waals surface area contributed by atoms with Crippen molar-refractivity contribution in [2.75, 3.05) is 6.54 Å². The van der Waals surface area contributed by atoms with Crippen LogP contribution in [0.25, 0.3) is 0 Å². The van der Waals surface area contributed by atoms with Crippen LogP contribution in [-0.4, -0.2) is 22.6 Å². The summed E-state index contributed by atoms with van der Waals surface area (Å²) >= 11 is 0. The Labute approximate surface area is 88.7 Å². The SMILES string of the molecule is C=C(C)CNCc1ccc(C(=O)O)cn1. The lowest BCUT2D eigenvalue weighted by Crippen LogP contribution is -2.16. The van der Waals surface area contributed by atoms with E-state index in [2.05, 4.69) is 16.9 Å². The van der Waals surface area contributed by atoms with Gasteiger partial charge in [-0.05, 0) is 19.1 Å². The van der Waals surface area contributed by atoms with Crippen LogP contribution in [0.15, 0.2) is 30.5 Å². The molecule has 1 aromatic heterocycles. The largest absolute Gasteiger partial charge is 0.478 e. The number of rotatable bonds is 5. The summed E-state index contributed by atoms with van der Waals surface area (Å²) in [5.41, 5.74) is 2.08. The van der Waals surface area contributed by atoms with Gasteiger partial charge in [0.2, 0.25) is 0 Å². The van der Waals surface area contributed by atoms with Gasteiger partial charge in [0.25, 0.3) is 0 Å². The Balaban J connectivity index is 2.50. The number of aromatic carboxylic acids is 1. The van der Waals surface area contributed by atoms with Crippen LogP contribution in [0, 0.1) is 0 Å². The maximum Gasteiger partial charge on any atom is 0.337 e. The minimum absolute atomic E-state index is 0.207. The molecule has 80 valence electrons. The van der Waals surface area contributed by atoms with Crippen molar-refractivity contribution in [3.05, 3.63) is 41.7 Å². The van der Waals surface area contributed by atoms with Crippen molar-refractivity contribution in [2.45, 2.75) is 13.5 Å². The molecular formula is C11H14N2O2. The molecule has 0 saturated carbocycles. The highest BCUT2D eigenvalue weighted by molar-refractivity contribution is 5.87. The maximum atomic E-state index is 10.5. The molecule has 0 aliphatic heterocycles. The third kappa shape index (κ3) is 3.91. The van der Waals surface area contributed by atoms with E-state index in [0.29, 0.717) is 6.54 Å². The molecule has 0 unspecified atom stereocenters. The number of nitrogens with one attached hydrogen (secondary N) is 1. The van der Waals surface area contributed by atoms with E-state index in [1.165, 1.54) is 6.20 Å². The van der Waals surface area contributed by atoms with Gasteiger partial charge in [-0.25, -0.2) is 4.79 Å². The second-order valence-corrected chi connectivity index (χ2v) is 3.40. The van der Waals surface area contributed by atoms with Gasteiger partial charge in [-0.1, -0.05) is 12.2 Å². The van der Waals surface area contributed by atoms with Crippen LogP contribution in [0.2, 0.25) is 0 Å². The summed E-state index contributed by atoms with van der Waals surface area (Å²) in [7, 11) is 0. The topological polar surface area (TPSA) is 62.2 Å². The first kappa shape index (κ1) is 11.4. The van der Waals surface area contributed by atoms with E-state index < -0.39 is 5.97 Å². The zero-order chi connectivity index (χ0) is 11.3. The molecule has 1 rings (SSSR count). The zero-order valence-corrected chi connectivity index (χ0v) is 8.66. The fourth-order valence-electron chi connectivity index (χ4n) is 1.06. The van der Waals surface area contributed by atoms with Crippen molar-refractivity contribution in [3.63, 3.8) is 0 Å². The smallest absolute Gasteiger partial charge is 0.337 e. The van der Waals surface area contributed by atoms with Gasteiger partial charge in [-0.15, -0.1) is 0 Å². The molecule has 4 heteroatoms. The zero-order valence-electron chi connectivity index (χ0n) is 8.66. The van der Waals surface area contributed by atoms with E-state index >= 15 is 0 Å². The minimum Gasteiger partial charge on any atom is -0.478 e. The summed E-state index contributed by atoms with van der Waals surface area (Å²) in [5.74, 6) is -0.955. The van der Waals surface area contributed by atoms with Crippen molar-refractivity contribution < 1.29 is 9.90 Å². The van der Waals surface area contributed by atoms with E-state index in [1.807, 2.05) is 6.92 Å². The number of carboxylic acids is 1. The molecule has 15 heavy (non-hydrogen) atoms. The molecule has 0 saturated heterocycles. The number of nitrogens with zero attached hydrogens (tertiary/aromatic N) is 1. The van der Waals surface area contributed by atoms with Crippen LogP contribution in [0.1, 0.15) is 23.0 Å². The lowest BCUT2D eigenvalue weighted by Gasteiger charge is -2.03. The third-order valence-electron chi connectivity index (χ3n) is 1.80. The lowest BCUT2D eigenvalue weighted by molar-refractivity contribution is 0.0696. The van der Waals surface area contributed by atoms with Gasteiger partial charge in [-0.2, -0.15) is 0 Å². The second kappa shape index (κ2) is 5.26. The van der Waals surface area contributed by atoms with Gasteiger partial charge in [0.15, 0.2) is 0 Å². The highest BCUT2D eigenvalue weighted by Gasteiger charge is 2.02. The number of carbonyl (C=O) groups is 1. The van der Waals surface area contributed by atoms with Crippen LogP contribution < -0.4 is 5.32 Å². The Morgan fingerprint density at radius 1 is 1.60 bits per heavy atom. The Bertz CT molecular complexity index is 357. The molecule has 1 heterocycles. The Kier molecular flexibility index (Phi) is 4.00. The fourth-order valence-corrected chi connectivity index (χ4v) is 1.06. The highest BCUT2D eigenvalue weighted by atomic mass is 16.4. The first-order valence-corrected chi connectivity index (χ1v) is 4.63. The number of hydrogen-bond donors (Lipinski definition) is 2. The molecule has 2 N–H and O–H groups in total. The van der Waals surface area contributed by atoms with Crippen molar-refractivity contribution in [1.82, 2.24) is 10.3 Å². The summed E-state index contributed by atoms with van der Waals surface area (Å²) in [6, 6.07) is 3.25. The first-order valence-electron chi connectivity index (χ1n) is 4.63. The number of pyridine rings is 1. The summed E-state index contributed by atoms with van der Waals surface area (Å²) in [6.07, 6.45) is 1.36. The van der Waals surface area contributed by atoms with Crippen molar-refractivity contribution >= 4 is 5.97 Å². The van der Waals surface area contributed by atoms with Crippen LogP contribution >= 0.6 is 0 Å². The summed E-state index contributed by atoms with van der Waals surface area (Å²) in [6.45, 7) is 7.06. The molecule has 0 aliphatic carbocycles. The molecule has 1 aromatic rings. The van der Waals surface area contributed by atoms with Gasteiger partial charge < -0.3 is 10.4 Å². The highest BCUT2D eigenvalue weighted by Crippen LogP contribution is 2.00. The van der Waals surface area contributed by atoms with Crippen molar-refractivity contribution in [2.24, 2.45) is 0 Å². The minimum atomic E-state index is -0.955. The Hall–Kier alpha value is -1.68. The molecule has 0 fully saturated rings. The summed E-state index contributed by atoms with van der Waals surface area (Å²) < 4.78 is 0. The van der Waals surface area contributed by atoms with Crippen LogP contribution in [-0.2, 0) is 6.54 Å². The Morgan fingerprint density at radius 2 is 2.33 bits per heavy atom. The predicted octanol–water partition coefficient (Wildman–Crippen LogP) is 1.45. The number of carboxylic acid groups (broad SMARTS) is 1. The van der Waals surface area contributed by atoms with Crippen LogP contribution in [0.4, 0.5) is 0 Å². The average Bonchev–Trinajstić information content (AvgIpc) is 2.18. The van der Waals surface area contributed by atoms with Crippen molar-refractivity contribution in [3.8, 4) is 0 Å². The molecule has 0 amide bonds. The molecular weight excluding hydrogens is 192 g/mol. The van der Waals surface area contributed by atoms with Gasteiger partial charge in [0, 0.05) is 19.3 Å². The number of aromatic nitrogens is 1. The molecule has 0 atom stereocenters. The molecule has 0 aromatic carbocycles. The molecule has 0 radical (unpaired) electrons. The molecule has 0 bridgehead atoms.